The fourth-order valence-corrected chi connectivity index (χ4v) is 4.54. The molecule has 0 spiro atoms. The number of carbonyl (C=O) groups is 1. The number of nitriles is 1. The molecule has 1 fully saturated rings. The van der Waals surface area contributed by atoms with Gasteiger partial charge in [-0.15, -0.1) is 10.2 Å². The van der Waals surface area contributed by atoms with Crippen LogP contribution in [-0.4, -0.2) is 32.0 Å². The van der Waals surface area contributed by atoms with Crippen molar-refractivity contribution in [2.45, 2.75) is 37.0 Å². The van der Waals surface area contributed by atoms with Crippen molar-refractivity contribution in [1.29, 1.82) is 5.26 Å². The number of rotatable bonds is 8. The molecule has 0 bridgehead atoms. The zero-order valence-electron chi connectivity index (χ0n) is 16.6. The van der Waals surface area contributed by atoms with Crippen molar-refractivity contribution in [3.63, 3.8) is 0 Å². The molecule has 0 aliphatic heterocycles. The predicted molar refractivity (Wildman–Crippen MR) is 119 cm³/mol. The van der Waals surface area contributed by atoms with Crippen LogP contribution >= 0.6 is 35.0 Å². The zero-order valence-corrected chi connectivity index (χ0v) is 19.0. The van der Waals surface area contributed by atoms with Crippen LogP contribution in [0, 0.1) is 17.2 Å². The summed E-state index contributed by atoms with van der Waals surface area (Å²) in [7, 11) is 0. The van der Waals surface area contributed by atoms with Crippen LogP contribution in [0.25, 0.3) is 11.4 Å². The average molecular weight is 476 g/mol. The Kier molecular flexibility index (Phi) is 6.28. The minimum atomic E-state index is -0.832. The van der Waals surface area contributed by atoms with E-state index in [9.17, 15) is 10.1 Å². The number of nitrogens with one attached hydrogen (secondary N) is 1. The first-order chi connectivity index (χ1) is 14.9. The van der Waals surface area contributed by atoms with Gasteiger partial charge in [0, 0.05) is 10.6 Å². The van der Waals surface area contributed by atoms with E-state index in [4.69, 9.17) is 27.6 Å². The van der Waals surface area contributed by atoms with Crippen LogP contribution in [0.1, 0.15) is 25.5 Å². The van der Waals surface area contributed by atoms with Gasteiger partial charge in [0.25, 0.3) is 0 Å². The smallest absolute Gasteiger partial charge is 0.231 e. The van der Waals surface area contributed by atoms with E-state index in [1.807, 2.05) is 10.6 Å². The Morgan fingerprint density at radius 1 is 1.39 bits per heavy atom. The van der Waals surface area contributed by atoms with Crippen molar-refractivity contribution < 1.29 is 9.21 Å². The molecule has 2 aromatic heterocycles. The normalized spacial score (nSPS) is 15.3. The summed E-state index contributed by atoms with van der Waals surface area (Å²) in [5.74, 6) is 1.35. The van der Waals surface area contributed by atoms with Gasteiger partial charge in [0.05, 0.1) is 29.7 Å². The molecule has 160 valence electrons. The second-order valence-electron chi connectivity index (χ2n) is 7.52. The fraction of sp³-hybridized carbons (Fsp3) is 0.333. The van der Waals surface area contributed by atoms with Gasteiger partial charge < -0.3 is 9.73 Å². The van der Waals surface area contributed by atoms with Crippen LogP contribution < -0.4 is 5.32 Å². The van der Waals surface area contributed by atoms with E-state index in [0.717, 1.165) is 12.8 Å². The molecule has 1 aliphatic carbocycles. The van der Waals surface area contributed by atoms with Gasteiger partial charge in [-0.1, -0.05) is 35.0 Å². The van der Waals surface area contributed by atoms with Gasteiger partial charge in [0.15, 0.2) is 11.0 Å². The van der Waals surface area contributed by atoms with Crippen LogP contribution in [0.15, 0.2) is 46.2 Å². The molecule has 2 heterocycles. The summed E-state index contributed by atoms with van der Waals surface area (Å²) in [5.41, 5.74) is -0.159. The molecule has 1 N–H and O–H groups in total. The highest BCUT2D eigenvalue weighted by atomic mass is 35.5. The number of furan rings is 1. The third kappa shape index (κ3) is 4.90. The predicted octanol–water partition coefficient (Wildman–Crippen LogP) is 4.79. The van der Waals surface area contributed by atoms with Gasteiger partial charge >= 0.3 is 0 Å². The first-order valence-corrected chi connectivity index (χ1v) is 11.4. The molecule has 10 heteroatoms. The van der Waals surface area contributed by atoms with E-state index < -0.39 is 5.54 Å². The fourth-order valence-electron chi connectivity index (χ4n) is 3.30. The molecule has 3 aromatic rings. The quantitative estimate of drug-likeness (QED) is 0.470. The summed E-state index contributed by atoms with van der Waals surface area (Å²) in [6, 6.07) is 11.0. The standard InChI is InChI=1S/C21H19Cl2N5O2S/c1-21(12-24,13-4-5-13)25-18(29)11-31-20-27-26-19(16-7-6-14(22)9-17(16)23)28(20)10-15-3-2-8-30-15/h2-3,6-9,13H,4-5,10-11H2,1H3,(H,25,29)/t21-/m1/s1. The molecule has 1 aromatic carbocycles. The number of hydrogen-bond donors (Lipinski definition) is 1. The maximum Gasteiger partial charge on any atom is 0.231 e. The topological polar surface area (TPSA) is 96.7 Å². The van der Waals surface area contributed by atoms with Crippen LogP contribution in [-0.2, 0) is 11.3 Å². The summed E-state index contributed by atoms with van der Waals surface area (Å²) < 4.78 is 7.33. The van der Waals surface area contributed by atoms with Gasteiger partial charge in [-0.25, -0.2) is 0 Å². The molecule has 1 atom stereocenters. The molecule has 0 saturated heterocycles. The lowest BCUT2D eigenvalue weighted by molar-refractivity contribution is -0.119. The number of aromatic nitrogens is 3. The van der Waals surface area contributed by atoms with Crippen LogP contribution in [0.2, 0.25) is 10.0 Å². The molecule has 4 rings (SSSR count). The number of benzene rings is 1. The minimum absolute atomic E-state index is 0.106. The number of nitrogens with zero attached hydrogens (tertiary/aromatic N) is 4. The number of carbonyl (C=O) groups excluding carboxylic acids is 1. The zero-order chi connectivity index (χ0) is 22.0. The lowest BCUT2D eigenvalue weighted by Crippen LogP contribution is -2.47. The largest absolute Gasteiger partial charge is 0.467 e. The number of thioether (sulfide) groups is 1. The first kappa shape index (κ1) is 21.8. The van der Waals surface area contributed by atoms with Crippen molar-refractivity contribution in [3.8, 4) is 17.5 Å². The summed E-state index contributed by atoms with van der Waals surface area (Å²) >= 11 is 13.7. The Labute approximate surface area is 193 Å². The van der Waals surface area contributed by atoms with Gasteiger partial charge in [0.1, 0.15) is 11.3 Å². The van der Waals surface area contributed by atoms with Crippen molar-refractivity contribution in [1.82, 2.24) is 20.1 Å². The number of hydrogen-bond acceptors (Lipinski definition) is 6. The van der Waals surface area contributed by atoms with E-state index in [2.05, 4.69) is 21.6 Å². The van der Waals surface area contributed by atoms with Gasteiger partial charge in [-0.2, -0.15) is 5.26 Å². The van der Waals surface area contributed by atoms with E-state index in [1.165, 1.54) is 11.8 Å². The highest BCUT2D eigenvalue weighted by molar-refractivity contribution is 7.99. The summed E-state index contributed by atoms with van der Waals surface area (Å²) in [4.78, 5) is 12.5. The third-order valence-corrected chi connectivity index (χ3v) is 6.66. The van der Waals surface area contributed by atoms with E-state index in [0.29, 0.717) is 38.9 Å². The Balaban J connectivity index is 1.56. The van der Waals surface area contributed by atoms with E-state index in [1.54, 1.807) is 37.5 Å². The Morgan fingerprint density at radius 2 is 2.19 bits per heavy atom. The maximum atomic E-state index is 12.5. The summed E-state index contributed by atoms with van der Waals surface area (Å²) in [5, 5.41) is 22.4. The molecule has 0 unspecified atom stereocenters. The van der Waals surface area contributed by atoms with E-state index in [-0.39, 0.29) is 17.6 Å². The molecule has 31 heavy (non-hydrogen) atoms. The monoisotopic (exact) mass is 475 g/mol. The second-order valence-corrected chi connectivity index (χ2v) is 9.31. The highest BCUT2D eigenvalue weighted by Crippen LogP contribution is 2.39. The molecule has 1 amide bonds. The SMILES string of the molecule is C[C@](C#N)(NC(=O)CSc1nnc(-c2ccc(Cl)cc2Cl)n1Cc1ccco1)C1CC1. The highest BCUT2D eigenvalue weighted by Gasteiger charge is 2.43. The minimum Gasteiger partial charge on any atom is -0.467 e. The average Bonchev–Trinajstić information content (AvgIpc) is 3.36. The first-order valence-electron chi connectivity index (χ1n) is 9.65. The molecule has 1 aliphatic rings. The van der Waals surface area contributed by atoms with Crippen LogP contribution in [0.3, 0.4) is 0 Å². The lowest BCUT2D eigenvalue weighted by Gasteiger charge is -2.22. The molecule has 7 nitrogen and oxygen atoms in total. The van der Waals surface area contributed by atoms with Crippen molar-refractivity contribution in [3.05, 3.63) is 52.4 Å². The Bertz CT molecular complexity index is 1140. The van der Waals surface area contributed by atoms with Gasteiger partial charge in [-0.05, 0) is 56.0 Å². The van der Waals surface area contributed by atoms with Gasteiger partial charge in [-0.3, -0.25) is 9.36 Å². The summed E-state index contributed by atoms with van der Waals surface area (Å²) in [6.07, 6.45) is 3.51. The van der Waals surface area contributed by atoms with Crippen molar-refractivity contribution in [2.75, 3.05) is 5.75 Å². The number of halogens is 2. The summed E-state index contributed by atoms with van der Waals surface area (Å²) in [6.45, 7) is 2.14. The van der Waals surface area contributed by atoms with E-state index >= 15 is 0 Å². The maximum absolute atomic E-state index is 12.5. The molecule has 1 saturated carbocycles. The number of amides is 1. The Hall–Kier alpha value is -2.47. The van der Waals surface area contributed by atoms with Crippen molar-refractivity contribution >= 4 is 40.9 Å². The van der Waals surface area contributed by atoms with Crippen LogP contribution in [0.4, 0.5) is 0 Å². The Morgan fingerprint density at radius 3 is 2.84 bits per heavy atom. The lowest BCUT2D eigenvalue weighted by atomic mass is 9.98. The molecular formula is C21H19Cl2N5O2S. The van der Waals surface area contributed by atoms with Crippen molar-refractivity contribution in [2.24, 2.45) is 5.92 Å². The van der Waals surface area contributed by atoms with Crippen LogP contribution in [0.5, 0.6) is 0 Å². The molecular weight excluding hydrogens is 457 g/mol. The second kappa shape index (κ2) is 8.95. The molecule has 0 radical (unpaired) electrons. The third-order valence-electron chi connectivity index (χ3n) is 5.14. The van der Waals surface area contributed by atoms with Gasteiger partial charge in [0.2, 0.25) is 5.91 Å².